The molecule has 0 bridgehead atoms. The molecule has 92 valence electrons. The van der Waals surface area contributed by atoms with Gasteiger partial charge in [-0.2, -0.15) is 0 Å². The third kappa shape index (κ3) is 2.76. The van der Waals surface area contributed by atoms with Gasteiger partial charge in [-0.05, 0) is 32.1 Å². The molecule has 0 amide bonds. The highest BCUT2D eigenvalue weighted by Gasteiger charge is 2.31. The van der Waals surface area contributed by atoms with E-state index in [1.165, 1.54) is 19.3 Å². The highest BCUT2D eigenvalue weighted by atomic mass is 16.6. The van der Waals surface area contributed by atoms with Gasteiger partial charge in [0.25, 0.3) is 0 Å². The minimum atomic E-state index is 0.00634. The van der Waals surface area contributed by atoms with Crippen LogP contribution in [0.2, 0.25) is 0 Å². The first-order valence-electron chi connectivity index (χ1n) is 6.54. The summed E-state index contributed by atoms with van der Waals surface area (Å²) in [6.45, 7) is 0. The highest BCUT2D eigenvalue weighted by Crippen LogP contribution is 2.29. The van der Waals surface area contributed by atoms with Gasteiger partial charge in [0.05, 0.1) is 12.0 Å². The highest BCUT2D eigenvalue weighted by molar-refractivity contribution is 5.72. The average molecular weight is 226 g/mol. The molecule has 0 aromatic carbocycles. The maximum atomic E-state index is 11.9. The fourth-order valence-electron chi connectivity index (χ4n) is 2.87. The zero-order valence-corrected chi connectivity index (χ0v) is 10.1. The monoisotopic (exact) mass is 226 g/mol. The fourth-order valence-corrected chi connectivity index (χ4v) is 2.87. The summed E-state index contributed by atoms with van der Waals surface area (Å²) in [6, 6.07) is 0. The van der Waals surface area contributed by atoms with Crippen LogP contribution in [-0.2, 0) is 14.3 Å². The summed E-state index contributed by atoms with van der Waals surface area (Å²) in [5.74, 6) is 0.186. The first kappa shape index (κ1) is 11.9. The van der Waals surface area contributed by atoms with Crippen LogP contribution in [0.3, 0.4) is 0 Å². The molecule has 0 saturated heterocycles. The van der Waals surface area contributed by atoms with E-state index in [1.807, 2.05) is 0 Å². The molecule has 2 rings (SSSR count). The third-order valence-corrected chi connectivity index (χ3v) is 3.90. The third-order valence-electron chi connectivity index (χ3n) is 3.90. The lowest BCUT2D eigenvalue weighted by atomic mass is 9.94. The van der Waals surface area contributed by atoms with Gasteiger partial charge in [0.15, 0.2) is 0 Å². The van der Waals surface area contributed by atoms with Gasteiger partial charge in [-0.25, -0.2) is 0 Å². The number of esters is 1. The maximum Gasteiger partial charge on any atom is 0.309 e. The lowest BCUT2D eigenvalue weighted by Gasteiger charge is -2.30. The van der Waals surface area contributed by atoms with E-state index in [1.54, 1.807) is 7.11 Å². The van der Waals surface area contributed by atoms with Crippen molar-refractivity contribution in [2.75, 3.05) is 7.11 Å². The quantitative estimate of drug-likeness (QED) is 0.694. The largest absolute Gasteiger partial charge is 0.459 e. The zero-order chi connectivity index (χ0) is 11.4. The van der Waals surface area contributed by atoms with Crippen LogP contribution in [0, 0.1) is 5.92 Å². The lowest BCUT2D eigenvalue weighted by molar-refractivity contribution is -0.163. The Hall–Kier alpha value is -0.570. The van der Waals surface area contributed by atoms with Crippen molar-refractivity contribution in [3.63, 3.8) is 0 Å². The Labute approximate surface area is 97.5 Å². The van der Waals surface area contributed by atoms with Crippen LogP contribution >= 0.6 is 0 Å². The Morgan fingerprint density at radius 3 is 2.12 bits per heavy atom. The second kappa shape index (κ2) is 5.67. The first-order valence-corrected chi connectivity index (χ1v) is 6.54. The number of rotatable bonds is 3. The van der Waals surface area contributed by atoms with Gasteiger partial charge in [-0.1, -0.05) is 19.3 Å². The molecule has 2 aliphatic carbocycles. The topological polar surface area (TPSA) is 35.5 Å². The molecule has 2 aliphatic rings. The Bertz CT molecular complexity index is 233. The van der Waals surface area contributed by atoms with Crippen LogP contribution in [0.5, 0.6) is 0 Å². The molecular formula is C13H22O3. The van der Waals surface area contributed by atoms with Gasteiger partial charge in [0, 0.05) is 7.11 Å². The Morgan fingerprint density at radius 1 is 0.938 bits per heavy atom. The van der Waals surface area contributed by atoms with Crippen molar-refractivity contribution in [3.8, 4) is 0 Å². The lowest BCUT2D eigenvalue weighted by Crippen LogP contribution is -2.36. The van der Waals surface area contributed by atoms with Gasteiger partial charge >= 0.3 is 5.97 Å². The number of hydrogen-bond acceptors (Lipinski definition) is 3. The van der Waals surface area contributed by atoms with Crippen LogP contribution in [0.1, 0.15) is 51.4 Å². The smallest absolute Gasteiger partial charge is 0.309 e. The molecule has 2 atom stereocenters. The molecule has 3 nitrogen and oxygen atoms in total. The second-order valence-corrected chi connectivity index (χ2v) is 5.02. The molecular weight excluding hydrogens is 204 g/mol. The van der Waals surface area contributed by atoms with Gasteiger partial charge in [0.1, 0.15) is 6.10 Å². The molecule has 0 aliphatic heterocycles. The average Bonchev–Trinajstić information content (AvgIpc) is 2.83. The Kier molecular flexibility index (Phi) is 4.22. The van der Waals surface area contributed by atoms with E-state index in [2.05, 4.69) is 0 Å². The fraction of sp³-hybridized carbons (Fsp3) is 0.923. The number of carbonyl (C=O) groups excluding carboxylic acids is 1. The summed E-state index contributed by atoms with van der Waals surface area (Å²) < 4.78 is 11.0. The van der Waals surface area contributed by atoms with E-state index in [0.717, 1.165) is 32.1 Å². The summed E-state index contributed by atoms with van der Waals surface area (Å²) in [4.78, 5) is 11.9. The van der Waals surface area contributed by atoms with Gasteiger partial charge < -0.3 is 9.47 Å². The van der Waals surface area contributed by atoms with Gasteiger partial charge in [-0.15, -0.1) is 0 Å². The van der Waals surface area contributed by atoms with Crippen LogP contribution in [-0.4, -0.2) is 25.3 Å². The minimum absolute atomic E-state index is 0.00634. The molecule has 3 heteroatoms. The number of ether oxygens (including phenoxy) is 2. The molecule has 2 saturated carbocycles. The van der Waals surface area contributed by atoms with Gasteiger partial charge in [0.2, 0.25) is 0 Å². The molecule has 0 radical (unpaired) electrons. The van der Waals surface area contributed by atoms with Crippen molar-refractivity contribution in [2.24, 2.45) is 5.92 Å². The molecule has 0 unspecified atom stereocenters. The van der Waals surface area contributed by atoms with Crippen molar-refractivity contribution >= 4 is 5.97 Å². The molecule has 0 spiro atoms. The molecule has 2 fully saturated rings. The van der Waals surface area contributed by atoms with Crippen molar-refractivity contribution in [1.82, 2.24) is 0 Å². The van der Waals surface area contributed by atoms with Crippen LogP contribution in [0.4, 0.5) is 0 Å². The molecule has 0 aromatic heterocycles. The number of methoxy groups -OCH3 is 1. The molecule has 16 heavy (non-hydrogen) atoms. The summed E-state index contributed by atoms with van der Waals surface area (Å²) in [7, 11) is 1.71. The van der Waals surface area contributed by atoms with Crippen molar-refractivity contribution in [3.05, 3.63) is 0 Å². The second-order valence-electron chi connectivity index (χ2n) is 5.02. The molecule has 0 aromatic rings. The summed E-state index contributed by atoms with van der Waals surface area (Å²) in [6.07, 6.45) is 8.86. The predicted molar refractivity (Wildman–Crippen MR) is 61.1 cm³/mol. The normalized spacial score (nSPS) is 31.6. The van der Waals surface area contributed by atoms with E-state index in [9.17, 15) is 4.79 Å². The SMILES string of the molecule is CO[C@H]1CCCC[C@@H]1OC(=O)C1CCCC1. The Morgan fingerprint density at radius 2 is 1.50 bits per heavy atom. The first-order chi connectivity index (χ1) is 7.81. The minimum Gasteiger partial charge on any atom is -0.459 e. The maximum absolute atomic E-state index is 11.9. The zero-order valence-electron chi connectivity index (χ0n) is 10.1. The van der Waals surface area contributed by atoms with Gasteiger partial charge in [-0.3, -0.25) is 4.79 Å². The van der Waals surface area contributed by atoms with E-state index in [0.29, 0.717) is 0 Å². The summed E-state index contributed by atoms with van der Waals surface area (Å²) in [5, 5.41) is 0. The number of carbonyl (C=O) groups is 1. The van der Waals surface area contributed by atoms with E-state index >= 15 is 0 Å². The van der Waals surface area contributed by atoms with Crippen LogP contribution in [0.25, 0.3) is 0 Å². The van der Waals surface area contributed by atoms with E-state index in [-0.39, 0.29) is 24.1 Å². The summed E-state index contributed by atoms with van der Waals surface area (Å²) >= 11 is 0. The summed E-state index contributed by atoms with van der Waals surface area (Å²) in [5.41, 5.74) is 0. The van der Waals surface area contributed by atoms with Crippen LogP contribution < -0.4 is 0 Å². The van der Waals surface area contributed by atoms with E-state index < -0.39 is 0 Å². The van der Waals surface area contributed by atoms with Crippen molar-refractivity contribution in [2.45, 2.75) is 63.6 Å². The van der Waals surface area contributed by atoms with Crippen molar-refractivity contribution in [1.29, 1.82) is 0 Å². The standard InChI is InChI=1S/C13H22O3/c1-15-11-8-4-5-9-12(11)16-13(14)10-6-2-3-7-10/h10-12H,2-9H2,1H3/t11-,12-/m0/s1. The molecule has 0 N–H and O–H groups in total. The number of hydrogen-bond donors (Lipinski definition) is 0. The van der Waals surface area contributed by atoms with Crippen molar-refractivity contribution < 1.29 is 14.3 Å². The van der Waals surface area contributed by atoms with E-state index in [4.69, 9.17) is 9.47 Å². The predicted octanol–water partition coefficient (Wildman–Crippen LogP) is 2.68. The molecule has 0 heterocycles. The van der Waals surface area contributed by atoms with Crippen LogP contribution in [0.15, 0.2) is 0 Å². The Balaban J connectivity index is 1.84.